The number of nitrogens with zero attached hydrogens (tertiary/aromatic N) is 2. The van der Waals surface area contributed by atoms with E-state index in [1.54, 1.807) is 15.9 Å². The Kier molecular flexibility index (Phi) is 3.30. The Morgan fingerprint density at radius 3 is 2.89 bits per heavy atom. The lowest BCUT2D eigenvalue weighted by Gasteiger charge is -2.10. The minimum Gasteiger partial charge on any atom is -0.291 e. The molecule has 3 rings (SSSR count). The van der Waals surface area contributed by atoms with Crippen LogP contribution in [-0.4, -0.2) is 9.55 Å². The van der Waals surface area contributed by atoms with Crippen LogP contribution in [0.15, 0.2) is 26.8 Å². The summed E-state index contributed by atoms with van der Waals surface area (Å²) in [5.74, 6) is 1.23. The molecule has 0 N–H and O–H groups in total. The van der Waals surface area contributed by atoms with Crippen molar-refractivity contribution < 1.29 is 0 Å². The lowest BCUT2D eigenvalue weighted by molar-refractivity contribution is 0.676. The van der Waals surface area contributed by atoms with Gasteiger partial charge >= 0.3 is 0 Å². The molecule has 2 heterocycles. The van der Waals surface area contributed by atoms with Crippen molar-refractivity contribution in [2.75, 3.05) is 0 Å². The van der Waals surface area contributed by atoms with Crippen LogP contribution in [0.2, 0.25) is 5.15 Å². The summed E-state index contributed by atoms with van der Waals surface area (Å²) < 4.78 is 2.81. The largest absolute Gasteiger partial charge is 0.291 e. The maximum absolute atomic E-state index is 12.0. The van der Waals surface area contributed by atoms with E-state index in [9.17, 15) is 4.79 Å². The molecule has 0 unspecified atom stereocenters. The van der Waals surface area contributed by atoms with E-state index < -0.39 is 0 Å². The fourth-order valence-corrected chi connectivity index (χ4v) is 3.55. The second-order valence-corrected chi connectivity index (χ2v) is 7.28. The van der Waals surface area contributed by atoms with Crippen LogP contribution in [-0.2, 0) is 6.54 Å². The van der Waals surface area contributed by atoms with Gasteiger partial charge < -0.3 is 0 Å². The van der Waals surface area contributed by atoms with Crippen LogP contribution in [0.4, 0.5) is 0 Å². The van der Waals surface area contributed by atoms with Crippen molar-refractivity contribution in [1.29, 1.82) is 0 Å². The predicted molar refractivity (Wildman–Crippen MR) is 76.6 cm³/mol. The minimum absolute atomic E-state index is 0.0681. The SMILES string of the molecule is O=c1cc(Cl)nc(C2CC2)n1Cc1ccc(Br)s1. The molecule has 3 nitrogen and oxygen atoms in total. The molecule has 0 atom stereocenters. The molecule has 0 bridgehead atoms. The van der Waals surface area contributed by atoms with Gasteiger partial charge in [-0.05, 0) is 40.9 Å². The smallest absolute Gasteiger partial charge is 0.255 e. The van der Waals surface area contributed by atoms with E-state index in [1.165, 1.54) is 6.07 Å². The molecule has 6 heteroatoms. The van der Waals surface area contributed by atoms with Crippen molar-refractivity contribution in [2.45, 2.75) is 25.3 Å². The lowest BCUT2D eigenvalue weighted by atomic mass is 10.3. The summed E-state index contributed by atoms with van der Waals surface area (Å²) >= 11 is 10.9. The highest BCUT2D eigenvalue weighted by atomic mass is 79.9. The Bertz CT molecular complexity index is 648. The zero-order valence-electron chi connectivity index (χ0n) is 9.40. The van der Waals surface area contributed by atoms with E-state index in [2.05, 4.69) is 20.9 Å². The highest BCUT2D eigenvalue weighted by molar-refractivity contribution is 9.11. The minimum atomic E-state index is -0.0681. The Balaban J connectivity index is 2.02. The molecule has 0 spiro atoms. The van der Waals surface area contributed by atoms with Crippen LogP contribution >= 0.6 is 38.9 Å². The molecule has 94 valence electrons. The van der Waals surface area contributed by atoms with E-state index in [1.807, 2.05) is 12.1 Å². The Hall–Kier alpha value is -0.650. The van der Waals surface area contributed by atoms with Crippen molar-refractivity contribution in [1.82, 2.24) is 9.55 Å². The first-order valence-electron chi connectivity index (χ1n) is 5.65. The van der Waals surface area contributed by atoms with E-state index in [-0.39, 0.29) is 5.56 Å². The van der Waals surface area contributed by atoms with Gasteiger partial charge in [0.1, 0.15) is 11.0 Å². The van der Waals surface area contributed by atoms with Gasteiger partial charge in [0.15, 0.2) is 0 Å². The zero-order valence-corrected chi connectivity index (χ0v) is 12.6. The van der Waals surface area contributed by atoms with E-state index in [4.69, 9.17) is 11.6 Å². The molecule has 1 aliphatic rings. The fraction of sp³-hybridized carbons (Fsp3) is 0.333. The summed E-state index contributed by atoms with van der Waals surface area (Å²) in [4.78, 5) is 17.5. The second-order valence-electron chi connectivity index (χ2n) is 4.34. The topological polar surface area (TPSA) is 34.9 Å². The average Bonchev–Trinajstić information content (AvgIpc) is 3.06. The molecule has 18 heavy (non-hydrogen) atoms. The summed E-state index contributed by atoms with van der Waals surface area (Å²) in [6.45, 7) is 0.575. The van der Waals surface area contributed by atoms with Crippen LogP contribution in [0.25, 0.3) is 0 Å². The maximum Gasteiger partial charge on any atom is 0.255 e. The summed E-state index contributed by atoms with van der Waals surface area (Å²) in [5, 5.41) is 0.297. The Morgan fingerprint density at radius 2 is 2.28 bits per heavy atom. The van der Waals surface area contributed by atoms with Crippen LogP contribution < -0.4 is 5.56 Å². The van der Waals surface area contributed by atoms with E-state index >= 15 is 0 Å². The third-order valence-corrected chi connectivity index (χ3v) is 4.69. The second kappa shape index (κ2) is 4.79. The van der Waals surface area contributed by atoms with Gasteiger partial charge in [0.2, 0.25) is 0 Å². The first-order chi connectivity index (χ1) is 8.63. The Labute approximate surface area is 122 Å². The van der Waals surface area contributed by atoms with Gasteiger partial charge in [-0.25, -0.2) is 4.98 Å². The maximum atomic E-state index is 12.0. The van der Waals surface area contributed by atoms with Crippen molar-refractivity contribution in [3.05, 3.63) is 48.2 Å². The number of hydrogen-bond acceptors (Lipinski definition) is 3. The first kappa shape index (κ1) is 12.4. The molecule has 1 aliphatic carbocycles. The van der Waals surface area contributed by atoms with Gasteiger partial charge in [-0.1, -0.05) is 11.6 Å². The van der Waals surface area contributed by atoms with Crippen LogP contribution in [0.5, 0.6) is 0 Å². The highest BCUT2D eigenvalue weighted by Gasteiger charge is 2.29. The quantitative estimate of drug-likeness (QED) is 0.796. The molecular formula is C12H10BrClN2OS. The zero-order chi connectivity index (χ0) is 12.7. The number of thiophene rings is 1. The normalized spacial score (nSPS) is 15.0. The number of halogens is 2. The van der Waals surface area contributed by atoms with Gasteiger partial charge in [-0.15, -0.1) is 11.3 Å². The summed E-state index contributed by atoms with van der Waals surface area (Å²) in [7, 11) is 0. The summed E-state index contributed by atoms with van der Waals surface area (Å²) in [6.07, 6.45) is 2.20. The van der Waals surface area contributed by atoms with Crippen molar-refractivity contribution in [3.63, 3.8) is 0 Å². The summed E-state index contributed by atoms with van der Waals surface area (Å²) in [6, 6.07) is 5.40. The Morgan fingerprint density at radius 1 is 1.50 bits per heavy atom. The average molecular weight is 346 g/mol. The number of hydrogen-bond donors (Lipinski definition) is 0. The van der Waals surface area contributed by atoms with E-state index in [0.29, 0.717) is 17.6 Å². The molecule has 0 saturated heterocycles. The molecule has 0 aliphatic heterocycles. The molecule has 1 saturated carbocycles. The van der Waals surface area contributed by atoms with Gasteiger partial charge in [-0.3, -0.25) is 9.36 Å². The van der Waals surface area contributed by atoms with Crippen molar-refractivity contribution >= 4 is 38.9 Å². The monoisotopic (exact) mass is 344 g/mol. The van der Waals surface area contributed by atoms with Crippen LogP contribution in [0, 0.1) is 0 Å². The third-order valence-electron chi connectivity index (χ3n) is 2.89. The number of rotatable bonds is 3. The lowest BCUT2D eigenvalue weighted by Crippen LogP contribution is -2.24. The molecule has 1 fully saturated rings. The van der Waals surface area contributed by atoms with Gasteiger partial charge in [-0.2, -0.15) is 0 Å². The molecule has 0 amide bonds. The van der Waals surface area contributed by atoms with Crippen LogP contribution in [0.3, 0.4) is 0 Å². The third kappa shape index (κ3) is 2.53. The molecular weight excluding hydrogens is 336 g/mol. The fourth-order valence-electron chi connectivity index (χ4n) is 1.90. The van der Waals surface area contributed by atoms with Gasteiger partial charge in [0.05, 0.1) is 10.3 Å². The first-order valence-corrected chi connectivity index (χ1v) is 7.64. The van der Waals surface area contributed by atoms with Gasteiger partial charge in [0.25, 0.3) is 5.56 Å². The summed E-state index contributed by atoms with van der Waals surface area (Å²) in [5.41, 5.74) is -0.0681. The standard InChI is InChI=1S/C12H10BrClN2OS/c13-9-4-3-8(18-9)6-16-11(17)5-10(14)15-12(16)7-1-2-7/h3-5,7H,1-2,6H2. The van der Waals surface area contributed by atoms with Crippen molar-refractivity contribution in [2.24, 2.45) is 0 Å². The molecule has 2 aromatic heterocycles. The molecule has 2 aromatic rings. The molecule has 0 radical (unpaired) electrons. The number of aromatic nitrogens is 2. The highest BCUT2D eigenvalue weighted by Crippen LogP contribution is 2.39. The predicted octanol–water partition coefficient (Wildman–Crippen LogP) is 3.65. The van der Waals surface area contributed by atoms with Crippen LogP contribution in [0.1, 0.15) is 29.5 Å². The van der Waals surface area contributed by atoms with Gasteiger partial charge in [0, 0.05) is 16.9 Å². The van der Waals surface area contributed by atoms with E-state index in [0.717, 1.165) is 27.3 Å². The van der Waals surface area contributed by atoms with Crippen molar-refractivity contribution in [3.8, 4) is 0 Å². The molecule has 0 aromatic carbocycles.